The molecular formula is C20H24N4O6. The summed E-state index contributed by atoms with van der Waals surface area (Å²) >= 11 is 0. The van der Waals surface area contributed by atoms with Crippen LogP contribution in [0.1, 0.15) is 31.2 Å². The smallest absolute Gasteiger partial charge is 0.325 e. The van der Waals surface area contributed by atoms with Gasteiger partial charge in [0.05, 0.1) is 13.0 Å². The van der Waals surface area contributed by atoms with Gasteiger partial charge in [-0.25, -0.2) is 4.79 Å². The summed E-state index contributed by atoms with van der Waals surface area (Å²) in [5, 5.41) is 5.31. The molecular weight excluding hydrogens is 392 g/mol. The number of nitrogens with one attached hydrogen (secondary N) is 2. The van der Waals surface area contributed by atoms with Gasteiger partial charge in [0.15, 0.2) is 11.5 Å². The van der Waals surface area contributed by atoms with Gasteiger partial charge in [0, 0.05) is 26.1 Å². The number of nitrogens with zero attached hydrogens (tertiary/aromatic N) is 2. The number of carbonyl (C=O) groups is 4. The van der Waals surface area contributed by atoms with Crippen LogP contribution in [-0.4, -0.2) is 66.0 Å². The van der Waals surface area contributed by atoms with Crippen LogP contribution in [-0.2, 0) is 20.9 Å². The molecule has 4 rings (SSSR count). The van der Waals surface area contributed by atoms with Crippen molar-refractivity contribution in [2.24, 2.45) is 0 Å². The molecule has 2 N–H and O–H groups in total. The maximum Gasteiger partial charge on any atom is 0.325 e. The first-order valence-corrected chi connectivity index (χ1v) is 10.1. The zero-order valence-electron chi connectivity index (χ0n) is 16.5. The highest BCUT2D eigenvalue weighted by atomic mass is 16.7. The van der Waals surface area contributed by atoms with Crippen LogP contribution in [0.25, 0.3) is 0 Å². The van der Waals surface area contributed by atoms with E-state index < -0.39 is 18.0 Å². The van der Waals surface area contributed by atoms with E-state index in [0.29, 0.717) is 37.4 Å². The SMILES string of the molecule is O=C(CC1NC(=O)N(Cc2ccc3c(c2)OCO3)C1=O)NCCCN1CCCC1=O. The first-order valence-electron chi connectivity index (χ1n) is 10.1. The van der Waals surface area contributed by atoms with Crippen molar-refractivity contribution >= 4 is 23.8 Å². The highest BCUT2D eigenvalue weighted by molar-refractivity contribution is 6.05. The van der Waals surface area contributed by atoms with Gasteiger partial charge in [-0.05, 0) is 30.5 Å². The first kappa shape index (κ1) is 20.0. The largest absolute Gasteiger partial charge is 0.454 e. The normalized spacial score (nSPS) is 20.1. The van der Waals surface area contributed by atoms with E-state index >= 15 is 0 Å². The van der Waals surface area contributed by atoms with Crippen molar-refractivity contribution in [3.05, 3.63) is 23.8 Å². The van der Waals surface area contributed by atoms with E-state index in [-0.39, 0.29) is 31.6 Å². The predicted octanol–water partition coefficient (Wildman–Crippen LogP) is 0.355. The van der Waals surface area contributed by atoms with E-state index in [1.54, 1.807) is 23.1 Å². The molecule has 1 unspecified atom stereocenters. The number of carbonyl (C=O) groups excluding carboxylic acids is 4. The molecule has 0 saturated carbocycles. The molecule has 2 saturated heterocycles. The molecule has 1 aromatic rings. The lowest BCUT2D eigenvalue weighted by Crippen LogP contribution is -2.37. The van der Waals surface area contributed by atoms with Crippen LogP contribution in [0.15, 0.2) is 18.2 Å². The van der Waals surface area contributed by atoms with Crippen LogP contribution >= 0.6 is 0 Å². The van der Waals surface area contributed by atoms with E-state index in [4.69, 9.17) is 9.47 Å². The molecule has 160 valence electrons. The fourth-order valence-electron chi connectivity index (χ4n) is 3.78. The van der Waals surface area contributed by atoms with Crippen LogP contribution in [0.5, 0.6) is 11.5 Å². The molecule has 0 aliphatic carbocycles. The molecule has 1 atom stereocenters. The van der Waals surface area contributed by atoms with Crippen molar-refractivity contribution in [1.82, 2.24) is 20.4 Å². The average molecular weight is 416 g/mol. The number of amides is 5. The Bertz CT molecular complexity index is 873. The zero-order valence-corrected chi connectivity index (χ0v) is 16.5. The average Bonchev–Trinajstić information content (AvgIpc) is 3.41. The highest BCUT2D eigenvalue weighted by Crippen LogP contribution is 2.33. The zero-order chi connectivity index (χ0) is 21.1. The molecule has 10 heteroatoms. The Labute approximate surface area is 173 Å². The van der Waals surface area contributed by atoms with Crippen molar-refractivity contribution in [2.75, 3.05) is 26.4 Å². The molecule has 0 aromatic heterocycles. The van der Waals surface area contributed by atoms with Gasteiger partial charge in [-0.3, -0.25) is 19.3 Å². The fraction of sp³-hybridized carbons (Fsp3) is 0.500. The number of hydrogen-bond donors (Lipinski definition) is 2. The Morgan fingerprint density at radius 2 is 2.03 bits per heavy atom. The molecule has 10 nitrogen and oxygen atoms in total. The fourth-order valence-corrected chi connectivity index (χ4v) is 3.78. The van der Waals surface area contributed by atoms with E-state index in [0.717, 1.165) is 23.4 Å². The summed E-state index contributed by atoms with van der Waals surface area (Å²) in [4.78, 5) is 51.4. The number of ether oxygens (including phenoxy) is 2. The van der Waals surface area contributed by atoms with Gasteiger partial charge in [0.1, 0.15) is 6.04 Å². The van der Waals surface area contributed by atoms with E-state index in [1.165, 1.54) is 0 Å². The van der Waals surface area contributed by atoms with Crippen molar-refractivity contribution in [3.8, 4) is 11.5 Å². The number of hydrogen-bond acceptors (Lipinski definition) is 6. The maximum absolute atomic E-state index is 12.6. The third-order valence-corrected chi connectivity index (χ3v) is 5.37. The van der Waals surface area contributed by atoms with E-state index in [1.807, 2.05) is 0 Å². The quantitative estimate of drug-likeness (QED) is 0.467. The number of likely N-dealkylation sites (tertiary alicyclic amines) is 1. The minimum Gasteiger partial charge on any atom is -0.454 e. The van der Waals surface area contributed by atoms with Gasteiger partial charge in [-0.2, -0.15) is 0 Å². The van der Waals surface area contributed by atoms with Crippen molar-refractivity contribution in [2.45, 2.75) is 38.3 Å². The lowest BCUT2D eigenvalue weighted by atomic mass is 10.1. The second-order valence-corrected chi connectivity index (χ2v) is 7.51. The second kappa shape index (κ2) is 8.60. The van der Waals surface area contributed by atoms with Gasteiger partial charge >= 0.3 is 6.03 Å². The molecule has 3 heterocycles. The van der Waals surface area contributed by atoms with Gasteiger partial charge < -0.3 is 25.0 Å². The number of urea groups is 1. The molecule has 5 amide bonds. The van der Waals surface area contributed by atoms with E-state index in [2.05, 4.69) is 10.6 Å². The first-order chi connectivity index (χ1) is 14.5. The van der Waals surface area contributed by atoms with Crippen molar-refractivity contribution in [3.63, 3.8) is 0 Å². The summed E-state index contributed by atoms with van der Waals surface area (Å²) in [6.45, 7) is 2.03. The summed E-state index contributed by atoms with van der Waals surface area (Å²) < 4.78 is 10.6. The van der Waals surface area contributed by atoms with Crippen LogP contribution in [0.4, 0.5) is 4.79 Å². The Kier molecular flexibility index (Phi) is 5.73. The lowest BCUT2D eigenvalue weighted by Gasteiger charge is -2.15. The van der Waals surface area contributed by atoms with Gasteiger partial charge in [-0.1, -0.05) is 6.07 Å². The van der Waals surface area contributed by atoms with Crippen molar-refractivity contribution < 1.29 is 28.7 Å². The highest BCUT2D eigenvalue weighted by Gasteiger charge is 2.39. The van der Waals surface area contributed by atoms with Gasteiger partial charge in [0.2, 0.25) is 18.6 Å². The molecule has 30 heavy (non-hydrogen) atoms. The lowest BCUT2D eigenvalue weighted by molar-refractivity contribution is -0.131. The molecule has 0 radical (unpaired) electrons. The van der Waals surface area contributed by atoms with Gasteiger partial charge in [-0.15, -0.1) is 0 Å². The van der Waals surface area contributed by atoms with Crippen LogP contribution in [0, 0.1) is 0 Å². The number of rotatable bonds is 8. The second-order valence-electron chi connectivity index (χ2n) is 7.51. The monoisotopic (exact) mass is 416 g/mol. The third-order valence-electron chi connectivity index (χ3n) is 5.37. The number of fused-ring (bicyclic) bond motifs is 1. The van der Waals surface area contributed by atoms with E-state index in [9.17, 15) is 19.2 Å². The maximum atomic E-state index is 12.6. The predicted molar refractivity (Wildman–Crippen MR) is 103 cm³/mol. The van der Waals surface area contributed by atoms with Crippen LogP contribution in [0.3, 0.4) is 0 Å². The minimum absolute atomic E-state index is 0.0866. The molecule has 3 aliphatic heterocycles. The molecule has 0 spiro atoms. The molecule has 3 aliphatic rings. The topological polar surface area (TPSA) is 117 Å². The Balaban J connectivity index is 1.23. The summed E-state index contributed by atoms with van der Waals surface area (Å²) in [6.07, 6.45) is 2.01. The molecule has 1 aromatic carbocycles. The summed E-state index contributed by atoms with van der Waals surface area (Å²) in [7, 11) is 0. The van der Waals surface area contributed by atoms with Crippen LogP contribution < -0.4 is 20.1 Å². The molecule has 0 bridgehead atoms. The van der Waals surface area contributed by atoms with Crippen molar-refractivity contribution in [1.29, 1.82) is 0 Å². The Morgan fingerprint density at radius 1 is 1.20 bits per heavy atom. The summed E-state index contributed by atoms with van der Waals surface area (Å²) in [5.41, 5.74) is 0.726. The number of imide groups is 1. The summed E-state index contributed by atoms with van der Waals surface area (Å²) in [5.74, 6) is 0.607. The summed E-state index contributed by atoms with van der Waals surface area (Å²) in [6, 6.07) is 3.82. The van der Waals surface area contributed by atoms with Gasteiger partial charge in [0.25, 0.3) is 5.91 Å². The Morgan fingerprint density at radius 3 is 2.83 bits per heavy atom. The van der Waals surface area contributed by atoms with Crippen LogP contribution in [0.2, 0.25) is 0 Å². The minimum atomic E-state index is -0.883. The standard InChI is InChI=1S/C20H24N4O6/c25-17(21-6-2-8-23-7-1-3-18(23)26)10-14-19(27)24(20(28)22-14)11-13-4-5-15-16(9-13)30-12-29-15/h4-5,9,14H,1-3,6-8,10-12H2,(H,21,25)(H,22,28). The third kappa shape index (κ3) is 4.32. The Hall–Kier alpha value is -3.30. The molecule has 2 fully saturated rings. The number of benzene rings is 1.